The van der Waals surface area contributed by atoms with Crippen LogP contribution in [0.25, 0.3) is 10.9 Å². The summed E-state index contributed by atoms with van der Waals surface area (Å²) in [7, 11) is 3.04. The quantitative estimate of drug-likeness (QED) is 0.187. The number of amides is 1. The highest BCUT2D eigenvalue weighted by atomic mass is 16.7. The lowest BCUT2D eigenvalue weighted by Gasteiger charge is -2.26. The normalized spacial score (nSPS) is 15.1. The maximum atomic E-state index is 12.9. The Kier molecular flexibility index (Phi) is 9.33. The summed E-state index contributed by atoms with van der Waals surface area (Å²) in [6.45, 7) is 3.11. The summed E-state index contributed by atoms with van der Waals surface area (Å²) < 4.78 is 22.2. The third-order valence-electron chi connectivity index (χ3n) is 6.42. The van der Waals surface area contributed by atoms with Gasteiger partial charge in [-0.2, -0.15) is 5.26 Å². The second-order valence-electron chi connectivity index (χ2n) is 9.10. The van der Waals surface area contributed by atoms with Crippen molar-refractivity contribution in [2.75, 3.05) is 44.6 Å². The van der Waals surface area contributed by atoms with Gasteiger partial charge in [-0.15, -0.1) is 6.42 Å². The fourth-order valence-electron chi connectivity index (χ4n) is 4.06. The Labute approximate surface area is 233 Å². The Morgan fingerprint density at radius 2 is 2.12 bits per heavy atom. The van der Waals surface area contributed by atoms with Crippen LogP contribution in [0.4, 0.5) is 17.1 Å². The third kappa shape index (κ3) is 6.94. The van der Waals surface area contributed by atoms with E-state index in [-0.39, 0.29) is 12.0 Å². The van der Waals surface area contributed by atoms with E-state index < -0.39 is 5.91 Å². The van der Waals surface area contributed by atoms with E-state index in [1.165, 1.54) is 26.5 Å². The van der Waals surface area contributed by atoms with Gasteiger partial charge in [0.05, 0.1) is 35.7 Å². The number of carbonyl (C=O) groups is 1. The van der Waals surface area contributed by atoms with E-state index in [1.807, 2.05) is 24.3 Å². The second kappa shape index (κ2) is 13.1. The third-order valence-corrected chi connectivity index (χ3v) is 6.42. The van der Waals surface area contributed by atoms with Crippen molar-refractivity contribution in [3.05, 3.63) is 65.9 Å². The number of ether oxygens (including phenoxy) is 4. The van der Waals surface area contributed by atoms with Gasteiger partial charge in [0.1, 0.15) is 17.9 Å². The average Bonchev–Trinajstić information content (AvgIpc) is 3.49. The molecule has 1 saturated heterocycles. The molecular formula is C30H31N5O5. The lowest BCUT2D eigenvalue weighted by molar-refractivity contribution is -0.212. The molecule has 2 heterocycles. The van der Waals surface area contributed by atoms with E-state index in [4.69, 9.17) is 25.4 Å². The van der Waals surface area contributed by atoms with Gasteiger partial charge in [-0.25, -0.2) is 0 Å². The highest BCUT2D eigenvalue weighted by Gasteiger charge is 2.22. The van der Waals surface area contributed by atoms with Gasteiger partial charge < -0.3 is 29.6 Å². The number of nitrogens with one attached hydrogen (secondary N) is 3. The number of carbonyl (C=O) groups excluding carboxylic acids is 1. The fraction of sp³-hybridized carbons (Fsp3) is 0.300. The molecule has 1 aliphatic rings. The van der Waals surface area contributed by atoms with E-state index >= 15 is 0 Å². The summed E-state index contributed by atoms with van der Waals surface area (Å²) in [5.41, 5.74) is 3.28. The number of hydrogen-bond acceptors (Lipinski definition) is 9. The SMILES string of the molecule is C#Cc1cccc(Nc2c(C#N)cnc3cc(OC4CCOC4)c(NC(=O)C=CCNC(C)(OC)OC)cc23)c1. The summed E-state index contributed by atoms with van der Waals surface area (Å²) in [5.74, 6) is 1.72. The average molecular weight is 542 g/mol. The van der Waals surface area contributed by atoms with Gasteiger partial charge in [0.2, 0.25) is 11.8 Å². The number of nitriles is 1. The maximum absolute atomic E-state index is 12.9. The molecule has 1 amide bonds. The first-order chi connectivity index (χ1) is 19.4. The van der Waals surface area contributed by atoms with Crippen LogP contribution < -0.4 is 20.7 Å². The lowest BCUT2D eigenvalue weighted by Crippen LogP contribution is -2.45. The van der Waals surface area contributed by atoms with Crippen LogP contribution in [-0.2, 0) is 19.0 Å². The molecule has 0 aliphatic carbocycles. The van der Waals surface area contributed by atoms with Crippen LogP contribution in [0.2, 0.25) is 0 Å². The number of methoxy groups -OCH3 is 2. The molecule has 4 rings (SSSR count). The molecule has 0 radical (unpaired) electrons. The minimum Gasteiger partial charge on any atom is -0.486 e. The summed E-state index contributed by atoms with van der Waals surface area (Å²) >= 11 is 0. The molecule has 2 aromatic carbocycles. The van der Waals surface area contributed by atoms with E-state index in [2.05, 4.69) is 32.9 Å². The van der Waals surface area contributed by atoms with Gasteiger partial charge >= 0.3 is 0 Å². The van der Waals surface area contributed by atoms with Gasteiger partial charge in [0, 0.05) is 69.1 Å². The molecule has 10 heteroatoms. The summed E-state index contributed by atoms with van der Waals surface area (Å²) in [5, 5.41) is 19.7. The number of anilines is 3. The van der Waals surface area contributed by atoms with Crippen LogP contribution in [0.15, 0.2) is 54.7 Å². The van der Waals surface area contributed by atoms with Gasteiger partial charge in [-0.1, -0.05) is 18.1 Å². The van der Waals surface area contributed by atoms with Gasteiger partial charge in [-0.3, -0.25) is 15.1 Å². The summed E-state index contributed by atoms with van der Waals surface area (Å²) in [4.78, 5) is 17.4. The molecule has 10 nitrogen and oxygen atoms in total. The fourth-order valence-corrected chi connectivity index (χ4v) is 4.06. The van der Waals surface area contributed by atoms with E-state index in [1.54, 1.807) is 25.1 Å². The van der Waals surface area contributed by atoms with Crippen molar-refractivity contribution in [1.29, 1.82) is 5.26 Å². The summed E-state index contributed by atoms with van der Waals surface area (Å²) in [6, 6.07) is 13.0. The highest BCUT2D eigenvalue weighted by Crippen LogP contribution is 2.37. The zero-order valence-corrected chi connectivity index (χ0v) is 22.6. The van der Waals surface area contributed by atoms with Crippen molar-refractivity contribution < 1.29 is 23.7 Å². The van der Waals surface area contributed by atoms with Gasteiger partial charge in [0.15, 0.2) is 0 Å². The molecule has 0 saturated carbocycles. The number of pyridine rings is 1. The Bertz CT molecular complexity index is 1480. The number of rotatable bonds is 11. The van der Waals surface area contributed by atoms with Crippen molar-refractivity contribution in [2.24, 2.45) is 0 Å². The van der Waals surface area contributed by atoms with E-state index in [0.29, 0.717) is 64.6 Å². The van der Waals surface area contributed by atoms with Crippen LogP contribution in [0.5, 0.6) is 5.75 Å². The Morgan fingerprint density at radius 1 is 1.30 bits per heavy atom. The molecule has 40 heavy (non-hydrogen) atoms. The number of hydrogen-bond donors (Lipinski definition) is 3. The van der Waals surface area contributed by atoms with Crippen LogP contribution in [0.3, 0.4) is 0 Å². The van der Waals surface area contributed by atoms with Crippen molar-refractivity contribution in [3.8, 4) is 24.2 Å². The van der Waals surface area contributed by atoms with E-state index in [9.17, 15) is 10.1 Å². The van der Waals surface area contributed by atoms with Crippen molar-refractivity contribution in [1.82, 2.24) is 10.3 Å². The first-order valence-corrected chi connectivity index (χ1v) is 12.7. The molecule has 1 aliphatic heterocycles. The molecule has 0 spiro atoms. The first-order valence-electron chi connectivity index (χ1n) is 12.7. The van der Waals surface area contributed by atoms with Crippen molar-refractivity contribution in [2.45, 2.75) is 25.4 Å². The molecule has 1 unspecified atom stereocenters. The maximum Gasteiger partial charge on any atom is 0.248 e. The first kappa shape index (κ1) is 28.6. The molecule has 3 aromatic rings. The van der Waals surface area contributed by atoms with Gasteiger partial charge in [0.25, 0.3) is 0 Å². The number of benzene rings is 2. The second-order valence-corrected chi connectivity index (χ2v) is 9.10. The van der Waals surface area contributed by atoms with E-state index in [0.717, 1.165) is 6.42 Å². The topological polar surface area (TPSA) is 127 Å². The standard InChI is InChI=1S/C30H31N5O5/c1-5-20-8-6-9-22(14-20)34-29-21(17-31)18-32-25-16-27(40-23-11-13-39-19-23)26(15-24(25)29)35-28(36)10-7-12-33-30(2,37-3)38-4/h1,6-10,14-16,18,23,33H,11-13,19H2,2-4H3,(H,32,34)(H,35,36). The Morgan fingerprint density at radius 3 is 2.83 bits per heavy atom. The van der Waals surface area contributed by atoms with Crippen molar-refractivity contribution >= 4 is 33.9 Å². The largest absolute Gasteiger partial charge is 0.486 e. The number of aromatic nitrogens is 1. The summed E-state index contributed by atoms with van der Waals surface area (Å²) in [6.07, 6.45) is 10.7. The molecule has 0 bridgehead atoms. The molecular weight excluding hydrogens is 510 g/mol. The lowest BCUT2D eigenvalue weighted by atomic mass is 10.1. The number of nitrogens with zero attached hydrogens (tertiary/aromatic N) is 2. The predicted molar refractivity (Wildman–Crippen MR) is 152 cm³/mol. The zero-order valence-electron chi connectivity index (χ0n) is 22.6. The molecule has 1 fully saturated rings. The Hall–Kier alpha value is -4.45. The zero-order chi connectivity index (χ0) is 28.5. The Balaban J connectivity index is 1.67. The monoisotopic (exact) mass is 541 g/mol. The van der Waals surface area contributed by atoms with Crippen LogP contribution >= 0.6 is 0 Å². The molecule has 206 valence electrons. The molecule has 1 aromatic heterocycles. The minimum absolute atomic E-state index is 0.156. The number of terminal acetylenes is 1. The predicted octanol–water partition coefficient (Wildman–Crippen LogP) is 4.05. The van der Waals surface area contributed by atoms with Crippen LogP contribution in [0.1, 0.15) is 24.5 Å². The molecule has 1 atom stereocenters. The highest BCUT2D eigenvalue weighted by molar-refractivity contribution is 6.04. The molecule has 3 N–H and O–H groups in total. The van der Waals surface area contributed by atoms with Crippen molar-refractivity contribution in [3.63, 3.8) is 0 Å². The minimum atomic E-state index is -0.974. The number of fused-ring (bicyclic) bond motifs is 1. The van der Waals surface area contributed by atoms with Crippen LogP contribution in [0, 0.1) is 23.7 Å². The van der Waals surface area contributed by atoms with Crippen LogP contribution in [-0.4, -0.2) is 56.9 Å². The smallest absolute Gasteiger partial charge is 0.248 e. The van der Waals surface area contributed by atoms with Gasteiger partial charge in [-0.05, 0) is 24.3 Å².